The first-order valence-corrected chi connectivity index (χ1v) is 4.85. The summed E-state index contributed by atoms with van der Waals surface area (Å²) in [6.07, 6.45) is 0. The number of nitrogens with two attached hydrogens (primary N) is 1. The Morgan fingerprint density at radius 2 is 2.06 bits per heavy atom. The van der Waals surface area contributed by atoms with Crippen LogP contribution >= 0.6 is 0 Å². The smallest absolute Gasteiger partial charge is 0.141 e. The van der Waals surface area contributed by atoms with Crippen LogP contribution in [0.15, 0.2) is 22.7 Å². The second-order valence-corrected chi connectivity index (χ2v) is 3.65. The van der Waals surface area contributed by atoms with E-state index in [2.05, 4.69) is 11.2 Å². The molecule has 0 bridgehead atoms. The van der Waals surface area contributed by atoms with E-state index in [4.69, 9.17) is 15.5 Å². The van der Waals surface area contributed by atoms with Crippen molar-refractivity contribution in [3.63, 3.8) is 0 Å². The third-order valence-corrected chi connectivity index (χ3v) is 2.41. The predicted molar refractivity (Wildman–Crippen MR) is 60.5 cm³/mol. The molecule has 1 aromatic heterocycles. The molecule has 4 nitrogen and oxygen atoms in total. The Bertz CT molecular complexity index is 559. The minimum absolute atomic E-state index is 0.537. The van der Waals surface area contributed by atoms with Crippen LogP contribution in [0.3, 0.4) is 0 Å². The second-order valence-electron chi connectivity index (χ2n) is 3.65. The SMILES string of the molecule is Cc1noc(C)c1-c1cc(N)cc(C#N)c1. The van der Waals surface area contributed by atoms with Crippen molar-refractivity contribution < 1.29 is 4.52 Å². The number of nitrogens with zero attached hydrogens (tertiary/aromatic N) is 2. The lowest BCUT2D eigenvalue weighted by atomic mass is 10.0. The second kappa shape index (κ2) is 3.70. The zero-order valence-electron chi connectivity index (χ0n) is 9.11. The maximum absolute atomic E-state index is 8.88. The molecule has 0 atom stereocenters. The van der Waals surface area contributed by atoms with Crippen molar-refractivity contribution in [3.8, 4) is 17.2 Å². The van der Waals surface area contributed by atoms with Crippen molar-refractivity contribution in [1.29, 1.82) is 5.26 Å². The molecule has 0 unspecified atom stereocenters. The molecule has 2 rings (SSSR count). The largest absolute Gasteiger partial charge is 0.399 e. The molecule has 0 radical (unpaired) electrons. The third-order valence-electron chi connectivity index (χ3n) is 2.41. The zero-order valence-corrected chi connectivity index (χ0v) is 9.11. The van der Waals surface area contributed by atoms with Gasteiger partial charge in [0.05, 0.1) is 17.3 Å². The highest BCUT2D eigenvalue weighted by Crippen LogP contribution is 2.29. The van der Waals surface area contributed by atoms with E-state index in [1.54, 1.807) is 12.1 Å². The average molecular weight is 213 g/mol. The number of benzene rings is 1. The number of aryl methyl sites for hydroxylation is 2. The normalized spacial score (nSPS) is 10.1. The summed E-state index contributed by atoms with van der Waals surface area (Å²) in [5.74, 6) is 0.729. The molecule has 80 valence electrons. The van der Waals surface area contributed by atoms with Crippen LogP contribution in [0.1, 0.15) is 17.0 Å². The monoisotopic (exact) mass is 213 g/mol. The number of nitriles is 1. The van der Waals surface area contributed by atoms with Gasteiger partial charge in [-0.1, -0.05) is 5.16 Å². The highest BCUT2D eigenvalue weighted by Gasteiger charge is 2.12. The van der Waals surface area contributed by atoms with E-state index in [9.17, 15) is 0 Å². The van der Waals surface area contributed by atoms with Crippen molar-refractivity contribution in [2.75, 3.05) is 5.73 Å². The number of nitrogen functional groups attached to an aromatic ring is 1. The van der Waals surface area contributed by atoms with Crippen molar-refractivity contribution in [2.24, 2.45) is 0 Å². The van der Waals surface area contributed by atoms with Gasteiger partial charge in [-0.05, 0) is 37.6 Å². The van der Waals surface area contributed by atoms with Crippen LogP contribution in [-0.2, 0) is 0 Å². The lowest BCUT2D eigenvalue weighted by Crippen LogP contribution is -1.89. The Labute approximate surface area is 93.3 Å². The quantitative estimate of drug-likeness (QED) is 0.738. The maximum Gasteiger partial charge on any atom is 0.141 e. The van der Waals surface area contributed by atoms with Crippen LogP contribution in [0.5, 0.6) is 0 Å². The van der Waals surface area contributed by atoms with Crippen molar-refractivity contribution in [2.45, 2.75) is 13.8 Å². The summed E-state index contributed by atoms with van der Waals surface area (Å²) >= 11 is 0. The van der Waals surface area contributed by atoms with Gasteiger partial charge in [-0.3, -0.25) is 0 Å². The Kier molecular flexibility index (Phi) is 2.37. The molecule has 2 aromatic rings. The van der Waals surface area contributed by atoms with Gasteiger partial charge in [-0.2, -0.15) is 5.26 Å². The lowest BCUT2D eigenvalue weighted by molar-refractivity contribution is 0.393. The van der Waals surface area contributed by atoms with Gasteiger partial charge in [0, 0.05) is 11.3 Å². The minimum atomic E-state index is 0.537. The van der Waals surface area contributed by atoms with Gasteiger partial charge in [0.1, 0.15) is 5.76 Å². The molecular formula is C12H11N3O. The Morgan fingerprint density at radius 3 is 2.62 bits per heavy atom. The molecule has 1 aromatic carbocycles. The molecule has 16 heavy (non-hydrogen) atoms. The number of hydrogen-bond acceptors (Lipinski definition) is 4. The van der Waals surface area contributed by atoms with Crippen LogP contribution in [-0.4, -0.2) is 5.16 Å². The van der Waals surface area contributed by atoms with Gasteiger partial charge in [-0.15, -0.1) is 0 Å². The predicted octanol–water partition coefficient (Wildman–Crippen LogP) is 2.41. The van der Waals surface area contributed by atoms with Crippen LogP contribution in [0, 0.1) is 25.2 Å². The van der Waals surface area contributed by atoms with Crippen LogP contribution in [0.4, 0.5) is 5.69 Å². The van der Waals surface area contributed by atoms with E-state index in [1.165, 1.54) is 0 Å². The van der Waals surface area contributed by atoms with E-state index in [0.717, 1.165) is 22.6 Å². The van der Waals surface area contributed by atoms with Crippen molar-refractivity contribution in [1.82, 2.24) is 5.16 Å². The summed E-state index contributed by atoms with van der Waals surface area (Å²) in [4.78, 5) is 0. The number of hydrogen-bond donors (Lipinski definition) is 1. The molecule has 0 amide bonds. The molecule has 0 aliphatic carbocycles. The summed E-state index contributed by atoms with van der Waals surface area (Å²) in [6, 6.07) is 7.31. The summed E-state index contributed by atoms with van der Waals surface area (Å²) in [7, 11) is 0. The van der Waals surface area contributed by atoms with Gasteiger partial charge in [0.25, 0.3) is 0 Å². The van der Waals surface area contributed by atoms with E-state index in [-0.39, 0.29) is 0 Å². The summed E-state index contributed by atoms with van der Waals surface area (Å²) in [5.41, 5.74) is 9.41. The van der Waals surface area contributed by atoms with Crippen LogP contribution in [0.2, 0.25) is 0 Å². The summed E-state index contributed by atoms with van der Waals surface area (Å²) in [6.45, 7) is 3.70. The van der Waals surface area contributed by atoms with Gasteiger partial charge in [0.2, 0.25) is 0 Å². The first kappa shape index (κ1) is 10.2. The zero-order chi connectivity index (χ0) is 11.7. The Morgan fingerprint density at radius 1 is 1.31 bits per heavy atom. The van der Waals surface area contributed by atoms with Gasteiger partial charge in [-0.25, -0.2) is 0 Å². The van der Waals surface area contributed by atoms with Crippen molar-refractivity contribution in [3.05, 3.63) is 35.2 Å². The fourth-order valence-electron chi connectivity index (χ4n) is 1.76. The molecule has 0 saturated heterocycles. The molecule has 0 aliphatic rings. The van der Waals surface area contributed by atoms with Crippen LogP contribution < -0.4 is 5.73 Å². The van der Waals surface area contributed by atoms with Gasteiger partial charge < -0.3 is 10.3 Å². The molecule has 0 fully saturated rings. The highest BCUT2D eigenvalue weighted by atomic mass is 16.5. The first-order chi connectivity index (χ1) is 7.61. The molecular weight excluding hydrogens is 202 g/mol. The van der Waals surface area contributed by atoms with E-state index in [0.29, 0.717) is 11.3 Å². The molecule has 0 aliphatic heterocycles. The van der Waals surface area contributed by atoms with E-state index in [1.807, 2.05) is 19.9 Å². The average Bonchev–Trinajstić information content (AvgIpc) is 2.57. The lowest BCUT2D eigenvalue weighted by Gasteiger charge is -2.02. The number of rotatable bonds is 1. The molecule has 2 N–H and O–H groups in total. The topological polar surface area (TPSA) is 75.8 Å². The summed E-state index contributed by atoms with van der Waals surface area (Å²) < 4.78 is 5.09. The third kappa shape index (κ3) is 1.63. The minimum Gasteiger partial charge on any atom is -0.399 e. The number of aromatic nitrogens is 1. The fourth-order valence-corrected chi connectivity index (χ4v) is 1.76. The Hall–Kier alpha value is -2.28. The van der Waals surface area contributed by atoms with Crippen molar-refractivity contribution >= 4 is 5.69 Å². The van der Waals surface area contributed by atoms with Gasteiger partial charge in [0.15, 0.2) is 0 Å². The molecule has 0 spiro atoms. The molecule has 4 heteroatoms. The number of anilines is 1. The summed E-state index contributed by atoms with van der Waals surface area (Å²) in [5, 5.41) is 12.8. The maximum atomic E-state index is 8.88. The standard InChI is InChI=1S/C12H11N3O/c1-7-12(8(2)16-15-7)10-3-9(6-13)4-11(14)5-10/h3-5H,14H2,1-2H3. The fraction of sp³-hybridized carbons (Fsp3) is 0.167. The molecule has 0 saturated carbocycles. The molecule has 1 heterocycles. The van der Waals surface area contributed by atoms with Crippen LogP contribution in [0.25, 0.3) is 11.1 Å². The Balaban J connectivity index is 2.65. The first-order valence-electron chi connectivity index (χ1n) is 4.85. The highest BCUT2D eigenvalue weighted by molar-refractivity contribution is 5.72. The van der Waals surface area contributed by atoms with Gasteiger partial charge >= 0.3 is 0 Å². The van der Waals surface area contributed by atoms with E-state index >= 15 is 0 Å². The van der Waals surface area contributed by atoms with E-state index < -0.39 is 0 Å².